The van der Waals surface area contributed by atoms with Gasteiger partial charge in [0.05, 0.1) is 11.4 Å². The minimum Gasteiger partial charge on any atom is -0.308 e. The van der Waals surface area contributed by atoms with Crippen LogP contribution in [0.5, 0.6) is 0 Å². The van der Waals surface area contributed by atoms with Crippen molar-refractivity contribution in [3.8, 4) is 5.69 Å². The second kappa shape index (κ2) is 7.16. The number of hydrogen-bond acceptors (Lipinski definition) is 2. The fourth-order valence-electron chi connectivity index (χ4n) is 2.70. The van der Waals surface area contributed by atoms with Crippen molar-refractivity contribution in [2.45, 2.75) is 26.9 Å². The van der Waals surface area contributed by atoms with Crippen LogP contribution in [0.25, 0.3) is 5.69 Å². The highest BCUT2D eigenvalue weighted by molar-refractivity contribution is 6.30. The first-order chi connectivity index (χ1) is 11.5. The zero-order valence-corrected chi connectivity index (χ0v) is 14.4. The van der Waals surface area contributed by atoms with E-state index in [2.05, 4.69) is 10.4 Å². The molecule has 0 fully saturated rings. The molecule has 0 unspecified atom stereocenters. The van der Waals surface area contributed by atoms with Crippen molar-refractivity contribution in [3.63, 3.8) is 0 Å². The minimum atomic E-state index is -0.245. The van der Waals surface area contributed by atoms with Gasteiger partial charge in [-0.1, -0.05) is 23.7 Å². The van der Waals surface area contributed by atoms with E-state index in [9.17, 15) is 4.39 Å². The first-order valence-corrected chi connectivity index (χ1v) is 8.18. The average molecular weight is 344 g/mol. The van der Waals surface area contributed by atoms with E-state index in [1.165, 1.54) is 17.7 Å². The molecule has 0 atom stereocenters. The summed E-state index contributed by atoms with van der Waals surface area (Å²) in [5.74, 6) is -0.245. The van der Waals surface area contributed by atoms with E-state index in [0.29, 0.717) is 0 Å². The Balaban J connectivity index is 1.72. The topological polar surface area (TPSA) is 29.9 Å². The van der Waals surface area contributed by atoms with Gasteiger partial charge in [-0.2, -0.15) is 5.10 Å². The largest absolute Gasteiger partial charge is 0.308 e. The third kappa shape index (κ3) is 3.66. The molecule has 0 amide bonds. The molecular formula is C19H19ClFN3. The van der Waals surface area contributed by atoms with Crippen molar-refractivity contribution in [2.24, 2.45) is 0 Å². The molecule has 3 nitrogen and oxygen atoms in total. The highest BCUT2D eigenvalue weighted by atomic mass is 35.5. The summed E-state index contributed by atoms with van der Waals surface area (Å²) in [6.07, 6.45) is 0. The smallest absolute Gasteiger partial charge is 0.123 e. The molecule has 0 spiro atoms. The van der Waals surface area contributed by atoms with E-state index in [4.69, 9.17) is 11.6 Å². The van der Waals surface area contributed by atoms with Gasteiger partial charge in [-0.15, -0.1) is 0 Å². The summed E-state index contributed by atoms with van der Waals surface area (Å²) in [5.41, 5.74) is 5.23. The normalized spacial score (nSPS) is 11.0. The number of aromatic nitrogens is 2. The van der Waals surface area contributed by atoms with E-state index in [1.54, 1.807) is 12.1 Å². The predicted molar refractivity (Wildman–Crippen MR) is 95.0 cm³/mol. The lowest BCUT2D eigenvalue weighted by Crippen LogP contribution is -2.14. The Morgan fingerprint density at radius 2 is 1.67 bits per heavy atom. The van der Waals surface area contributed by atoms with Crippen LogP contribution in [0.1, 0.15) is 22.5 Å². The molecule has 0 saturated carbocycles. The van der Waals surface area contributed by atoms with Crippen LogP contribution in [0.15, 0.2) is 48.5 Å². The maximum atomic E-state index is 13.1. The number of benzene rings is 2. The van der Waals surface area contributed by atoms with Crippen LogP contribution < -0.4 is 5.32 Å². The average Bonchev–Trinajstić information content (AvgIpc) is 2.85. The van der Waals surface area contributed by atoms with E-state index in [-0.39, 0.29) is 5.82 Å². The van der Waals surface area contributed by atoms with Crippen molar-refractivity contribution in [1.29, 1.82) is 0 Å². The van der Waals surface area contributed by atoms with Crippen LogP contribution in [-0.4, -0.2) is 9.78 Å². The molecule has 1 aromatic heterocycles. The van der Waals surface area contributed by atoms with E-state index < -0.39 is 0 Å². The third-order valence-electron chi connectivity index (χ3n) is 4.06. The molecule has 0 aliphatic rings. The summed E-state index contributed by atoms with van der Waals surface area (Å²) in [4.78, 5) is 0. The Bertz CT molecular complexity index is 823. The molecule has 3 aromatic rings. The van der Waals surface area contributed by atoms with Crippen molar-refractivity contribution < 1.29 is 4.39 Å². The van der Waals surface area contributed by atoms with Crippen LogP contribution in [-0.2, 0) is 13.1 Å². The van der Waals surface area contributed by atoms with Crippen LogP contribution in [0.4, 0.5) is 4.39 Å². The fraction of sp³-hybridized carbons (Fsp3) is 0.211. The standard InChI is InChI=1S/C19H19ClFN3/c1-13-19(12-22-11-15-3-5-16(20)6-4-15)14(2)24(23-13)18-9-7-17(21)8-10-18/h3-10,22H,11-12H2,1-2H3. The molecule has 0 bridgehead atoms. The Morgan fingerprint density at radius 3 is 2.33 bits per heavy atom. The molecule has 5 heteroatoms. The first kappa shape index (κ1) is 16.7. The lowest BCUT2D eigenvalue weighted by Gasteiger charge is -2.07. The summed E-state index contributed by atoms with van der Waals surface area (Å²) in [7, 11) is 0. The number of nitrogens with zero attached hydrogens (tertiary/aromatic N) is 2. The Kier molecular flexibility index (Phi) is 4.97. The maximum absolute atomic E-state index is 13.1. The molecular weight excluding hydrogens is 325 g/mol. The van der Waals surface area contributed by atoms with E-state index in [0.717, 1.165) is 40.8 Å². The molecule has 1 heterocycles. The molecule has 24 heavy (non-hydrogen) atoms. The number of rotatable bonds is 5. The second-order valence-electron chi connectivity index (χ2n) is 5.77. The lowest BCUT2D eigenvalue weighted by molar-refractivity contribution is 0.627. The molecule has 0 radical (unpaired) electrons. The molecule has 3 rings (SSSR count). The van der Waals surface area contributed by atoms with Gasteiger partial charge >= 0.3 is 0 Å². The van der Waals surface area contributed by atoms with Crippen LogP contribution in [0.3, 0.4) is 0 Å². The molecule has 0 saturated heterocycles. The highest BCUT2D eigenvalue weighted by Gasteiger charge is 2.12. The molecule has 1 N–H and O–H groups in total. The zero-order valence-electron chi connectivity index (χ0n) is 13.7. The summed E-state index contributed by atoms with van der Waals surface area (Å²) in [6, 6.07) is 14.2. The first-order valence-electron chi connectivity index (χ1n) is 7.81. The number of aryl methyl sites for hydroxylation is 1. The fourth-order valence-corrected chi connectivity index (χ4v) is 2.82. The summed E-state index contributed by atoms with van der Waals surface area (Å²) >= 11 is 5.90. The van der Waals surface area contributed by atoms with E-state index >= 15 is 0 Å². The Hall–Kier alpha value is -2.17. The van der Waals surface area contributed by atoms with Crippen molar-refractivity contribution in [1.82, 2.24) is 15.1 Å². The summed E-state index contributed by atoms with van der Waals surface area (Å²) in [6.45, 7) is 5.51. The second-order valence-corrected chi connectivity index (χ2v) is 6.20. The number of halogens is 2. The SMILES string of the molecule is Cc1nn(-c2ccc(F)cc2)c(C)c1CNCc1ccc(Cl)cc1. The van der Waals surface area contributed by atoms with Gasteiger partial charge < -0.3 is 5.32 Å². The predicted octanol–water partition coefficient (Wildman–Crippen LogP) is 4.57. The van der Waals surface area contributed by atoms with Crippen molar-refractivity contribution in [2.75, 3.05) is 0 Å². The van der Waals surface area contributed by atoms with Crippen molar-refractivity contribution in [3.05, 3.63) is 81.9 Å². The maximum Gasteiger partial charge on any atom is 0.123 e. The van der Waals surface area contributed by atoms with Gasteiger partial charge in [0.25, 0.3) is 0 Å². The third-order valence-corrected chi connectivity index (χ3v) is 4.31. The monoisotopic (exact) mass is 343 g/mol. The minimum absolute atomic E-state index is 0.245. The Morgan fingerprint density at radius 1 is 1.00 bits per heavy atom. The number of hydrogen-bond donors (Lipinski definition) is 1. The van der Waals surface area contributed by atoms with Crippen LogP contribution in [0.2, 0.25) is 5.02 Å². The quantitative estimate of drug-likeness (QED) is 0.735. The molecule has 2 aromatic carbocycles. The van der Waals surface area contributed by atoms with Gasteiger partial charge in [-0.25, -0.2) is 9.07 Å². The molecule has 124 valence electrons. The van der Waals surface area contributed by atoms with Crippen LogP contribution >= 0.6 is 11.6 Å². The Labute approximate surface area is 146 Å². The molecule has 0 aliphatic carbocycles. The lowest BCUT2D eigenvalue weighted by atomic mass is 10.2. The number of nitrogens with one attached hydrogen (secondary N) is 1. The van der Waals surface area contributed by atoms with Gasteiger partial charge in [0, 0.05) is 29.4 Å². The van der Waals surface area contributed by atoms with Crippen molar-refractivity contribution >= 4 is 11.6 Å². The van der Waals surface area contributed by atoms with Crippen LogP contribution in [0, 0.1) is 19.7 Å². The summed E-state index contributed by atoms with van der Waals surface area (Å²) in [5, 5.41) is 8.76. The highest BCUT2D eigenvalue weighted by Crippen LogP contribution is 2.18. The van der Waals surface area contributed by atoms with Gasteiger partial charge in [0.1, 0.15) is 5.82 Å². The summed E-state index contributed by atoms with van der Waals surface area (Å²) < 4.78 is 14.9. The van der Waals surface area contributed by atoms with Gasteiger partial charge in [-0.05, 0) is 55.8 Å². The zero-order chi connectivity index (χ0) is 17.1. The molecule has 0 aliphatic heterocycles. The van der Waals surface area contributed by atoms with E-state index in [1.807, 2.05) is 42.8 Å². The van der Waals surface area contributed by atoms with Gasteiger partial charge in [0.2, 0.25) is 0 Å². The van der Waals surface area contributed by atoms with Gasteiger partial charge in [0.15, 0.2) is 0 Å². The van der Waals surface area contributed by atoms with Gasteiger partial charge in [-0.3, -0.25) is 0 Å².